The number of aldehydes is 1. The average molecular weight is 170 g/mol. The third-order valence-corrected chi connectivity index (χ3v) is 1.25. The van der Waals surface area contributed by atoms with Gasteiger partial charge in [-0.1, -0.05) is 0 Å². The van der Waals surface area contributed by atoms with E-state index in [9.17, 15) is 4.79 Å². The van der Waals surface area contributed by atoms with Crippen molar-refractivity contribution in [1.82, 2.24) is 0 Å². The molecule has 1 rings (SSSR count). The molecule has 1 aromatic heterocycles. The predicted octanol–water partition coefficient (Wildman–Crippen LogP) is 1.12. The van der Waals surface area contributed by atoms with E-state index in [0.717, 1.165) is 0 Å². The third-order valence-electron chi connectivity index (χ3n) is 1.25. The van der Waals surface area contributed by atoms with Crippen molar-refractivity contribution in [3.05, 3.63) is 17.9 Å². The first-order valence-electron chi connectivity index (χ1n) is 3.53. The number of furan rings is 1. The molecule has 0 saturated carbocycles. The molecule has 1 aromatic rings. The first-order valence-corrected chi connectivity index (χ1v) is 3.53. The summed E-state index contributed by atoms with van der Waals surface area (Å²) in [7, 11) is 1.59. The largest absolute Gasteiger partial charge is 0.463 e. The van der Waals surface area contributed by atoms with Gasteiger partial charge in [-0.3, -0.25) is 4.79 Å². The van der Waals surface area contributed by atoms with Crippen molar-refractivity contribution >= 4 is 6.29 Å². The van der Waals surface area contributed by atoms with Crippen LogP contribution in [-0.2, 0) is 4.74 Å². The van der Waals surface area contributed by atoms with E-state index in [1.807, 2.05) is 0 Å². The number of carbonyl (C=O) groups is 1. The molecule has 66 valence electrons. The average Bonchev–Trinajstić information content (AvgIpc) is 2.53. The summed E-state index contributed by atoms with van der Waals surface area (Å²) in [5.74, 6) is 0.608. The summed E-state index contributed by atoms with van der Waals surface area (Å²) in [6.07, 6.45) is 0.628. The molecule has 0 unspecified atom stereocenters. The van der Waals surface area contributed by atoms with Gasteiger partial charge >= 0.3 is 0 Å². The maximum atomic E-state index is 10.2. The molecule has 1 heterocycles. The lowest BCUT2D eigenvalue weighted by Crippen LogP contribution is -2.03. The van der Waals surface area contributed by atoms with E-state index in [-0.39, 0.29) is 5.76 Å². The van der Waals surface area contributed by atoms with Crippen molar-refractivity contribution in [2.24, 2.45) is 0 Å². The standard InChI is InChI=1S/C8H10O4/c1-10-4-5-11-8-3-2-7(6-9)12-8/h2-3,6H,4-5H2,1H3. The van der Waals surface area contributed by atoms with Crippen LogP contribution in [0.2, 0.25) is 0 Å². The third kappa shape index (κ3) is 2.39. The molecule has 0 fully saturated rings. The monoisotopic (exact) mass is 170 g/mol. The van der Waals surface area contributed by atoms with E-state index >= 15 is 0 Å². The van der Waals surface area contributed by atoms with Gasteiger partial charge in [0, 0.05) is 13.2 Å². The van der Waals surface area contributed by atoms with E-state index in [2.05, 4.69) is 0 Å². The summed E-state index contributed by atoms with van der Waals surface area (Å²) < 4.78 is 14.8. The molecule has 4 nitrogen and oxygen atoms in total. The highest BCUT2D eigenvalue weighted by Gasteiger charge is 2.00. The van der Waals surface area contributed by atoms with E-state index in [1.54, 1.807) is 19.2 Å². The van der Waals surface area contributed by atoms with Crippen molar-refractivity contribution in [2.75, 3.05) is 20.3 Å². The lowest BCUT2D eigenvalue weighted by molar-refractivity contribution is 0.107. The zero-order valence-corrected chi connectivity index (χ0v) is 6.78. The Kier molecular flexibility index (Phi) is 3.35. The fourth-order valence-electron chi connectivity index (χ4n) is 0.701. The molecule has 0 spiro atoms. The summed E-state index contributed by atoms with van der Waals surface area (Å²) in [4.78, 5) is 10.2. The number of ether oxygens (including phenoxy) is 2. The molecule has 12 heavy (non-hydrogen) atoms. The van der Waals surface area contributed by atoms with Gasteiger partial charge in [0.2, 0.25) is 0 Å². The zero-order valence-electron chi connectivity index (χ0n) is 6.78. The summed E-state index contributed by atoms with van der Waals surface area (Å²) in [6, 6.07) is 3.15. The van der Waals surface area contributed by atoms with Gasteiger partial charge in [-0.2, -0.15) is 0 Å². The molecule has 0 saturated heterocycles. The normalized spacial score (nSPS) is 9.75. The van der Waals surface area contributed by atoms with Crippen LogP contribution in [0, 0.1) is 0 Å². The Morgan fingerprint density at radius 2 is 2.33 bits per heavy atom. The molecule has 0 aliphatic rings. The van der Waals surface area contributed by atoms with Crippen LogP contribution in [0.1, 0.15) is 10.6 Å². The summed E-state index contributed by atoms with van der Waals surface area (Å²) in [5.41, 5.74) is 0. The van der Waals surface area contributed by atoms with Gasteiger partial charge in [0.05, 0.1) is 6.61 Å². The van der Waals surface area contributed by atoms with Crippen LogP contribution in [0.4, 0.5) is 0 Å². The molecule has 0 aliphatic carbocycles. The molecule has 0 radical (unpaired) electrons. The number of carbonyl (C=O) groups excluding carboxylic acids is 1. The van der Waals surface area contributed by atoms with Crippen LogP contribution in [0.25, 0.3) is 0 Å². The van der Waals surface area contributed by atoms with E-state index < -0.39 is 0 Å². The number of methoxy groups -OCH3 is 1. The summed E-state index contributed by atoms with van der Waals surface area (Å²) in [5, 5.41) is 0. The second-order valence-corrected chi connectivity index (χ2v) is 2.12. The second kappa shape index (κ2) is 4.56. The van der Waals surface area contributed by atoms with Gasteiger partial charge in [0.25, 0.3) is 5.95 Å². The van der Waals surface area contributed by atoms with Crippen LogP contribution < -0.4 is 4.74 Å². The first kappa shape index (κ1) is 8.80. The van der Waals surface area contributed by atoms with Gasteiger partial charge in [0.1, 0.15) is 6.61 Å². The SMILES string of the molecule is COCCOc1ccc(C=O)o1. The fourth-order valence-corrected chi connectivity index (χ4v) is 0.701. The summed E-state index contributed by atoms with van der Waals surface area (Å²) in [6.45, 7) is 0.916. The molecule has 0 aliphatic heterocycles. The minimum Gasteiger partial charge on any atom is -0.463 e. The molecular weight excluding hydrogens is 160 g/mol. The second-order valence-electron chi connectivity index (χ2n) is 2.12. The van der Waals surface area contributed by atoms with Crippen LogP contribution in [0.5, 0.6) is 5.95 Å². The smallest absolute Gasteiger partial charge is 0.284 e. The van der Waals surface area contributed by atoms with E-state index in [4.69, 9.17) is 13.9 Å². The molecule has 0 atom stereocenters. The first-order chi connectivity index (χ1) is 5.86. The molecule has 0 aromatic carbocycles. The predicted molar refractivity (Wildman–Crippen MR) is 41.5 cm³/mol. The Bertz CT molecular complexity index is 241. The maximum Gasteiger partial charge on any atom is 0.284 e. The highest BCUT2D eigenvalue weighted by molar-refractivity contribution is 5.70. The minimum atomic E-state index is 0.266. The summed E-state index contributed by atoms with van der Waals surface area (Å²) >= 11 is 0. The lowest BCUT2D eigenvalue weighted by Gasteiger charge is -1.99. The van der Waals surface area contributed by atoms with Gasteiger partial charge < -0.3 is 13.9 Å². The Morgan fingerprint density at radius 1 is 1.50 bits per heavy atom. The lowest BCUT2D eigenvalue weighted by atomic mass is 10.5. The van der Waals surface area contributed by atoms with Crippen LogP contribution in [0.3, 0.4) is 0 Å². The number of hydrogen-bond acceptors (Lipinski definition) is 4. The van der Waals surface area contributed by atoms with E-state index in [0.29, 0.717) is 25.4 Å². The Balaban J connectivity index is 2.36. The Hall–Kier alpha value is -1.29. The fraction of sp³-hybridized carbons (Fsp3) is 0.375. The van der Waals surface area contributed by atoms with Crippen molar-refractivity contribution in [3.8, 4) is 5.95 Å². The van der Waals surface area contributed by atoms with Gasteiger partial charge in [-0.25, -0.2) is 0 Å². The molecule has 0 amide bonds. The number of rotatable bonds is 5. The molecule has 0 N–H and O–H groups in total. The van der Waals surface area contributed by atoms with Gasteiger partial charge in [-0.15, -0.1) is 0 Å². The maximum absolute atomic E-state index is 10.2. The molecular formula is C8H10O4. The minimum absolute atomic E-state index is 0.266. The van der Waals surface area contributed by atoms with Gasteiger partial charge in [0.15, 0.2) is 12.0 Å². The Morgan fingerprint density at radius 3 is 2.92 bits per heavy atom. The van der Waals surface area contributed by atoms with Crippen molar-refractivity contribution in [2.45, 2.75) is 0 Å². The van der Waals surface area contributed by atoms with Gasteiger partial charge in [-0.05, 0) is 6.07 Å². The zero-order chi connectivity index (χ0) is 8.81. The van der Waals surface area contributed by atoms with Crippen LogP contribution >= 0.6 is 0 Å². The van der Waals surface area contributed by atoms with Crippen molar-refractivity contribution < 1.29 is 18.7 Å². The highest BCUT2D eigenvalue weighted by atomic mass is 16.6. The topological polar surface area (TPSA) is 48.7 Å². The van der Waals surface area contributed by atoms with Crippen molar-refractivity contribution in [3.63, 3.8) is 0 Å². The highest BCUT2D eigenvalue weighted by Crippen LogP contribution is 2.13. The van der Waals surface area contributed by atoms with E-state index in [1.165, 1.54) is 0 Å². The quantitative estimate of drug-likeness (QED) is 0.490. The van der Waals surface area contributed by atoms with Crippen LogP contribution in [0.15, 0.2) is 16.5 Å². The van der Waals surface area contributed by atoms with Crippen molar-refractivity contribution in [1.29, 1.82) is 0 Å². The number of hydrogen-bond donors (Lipinski definition) is 0. The van der Waals surface area contributed by atoms with Crippen LogP contribution in [-0.4, -0.2) is 26.6 Å². The Labute approximate surface area is 70.1 Å². The molecule has 4 heteroatoms. The molecule has 0 bridgehead atoms.